The molecule has 0 unspecified atom stereocenters. The third-order valence-corrected chi connectivity index (χ3v) is 8.67. The van der Waals surface area contributed by atoms with Crippen molar-refractivity contribution < 1.29 is 53.5 Å². The third kappa shape index (κ3) is 9.62. The number of carboxylic acid groups (broad SMARTS) is 4. The maximum Gasteiger partial charge on any atom is 0.323 e. The first kappa shape index (κ1) is 39.4. The highest BCUT2D eigenvalue weighted by atomic mass is 16.5. The van der Waals surface area contributed by atoms with Gasteiger partial charge in [-0.05, 0) is 60.5 Å². The SMILES string of the molecule is Cc1ccc(N(CC(=O)O)CC(=O)O)c(OCCOc2cc(-c3c4ccc(=[N+](C)C)cc-4oc4cc(N(C)C)ccc34)ccc2N(CC(=O)O)CC(=O)O)c1. The Labute approximate surface area is 316 Å². The average Bonchev–Trinajstić information content (AvgIpc) is 3.10. The van der Waals surface area contributed by atoms with Crippen LogP contribution in [0.4, 0.5) is 17.1 Å². The molecular formula is C40H43N4O11+. The Balaban J connectivity index is 1.59. The van der Waals surface area contributed by atoms with Crippen LogP contribution in [-0.2, 0) is 19.2 Å². The van der Waals surface area contributed by atoms with E-state index in [1.165, 1.54) is 9.80 Å². The first-order valence-corrected chi connectivity index (χ1v) is 17.2. The van der Waals surface area contributed by atoms with Crippen molar-refractivity contribution in [3.05, 3.63) is 83.7 Å². The second-order valence-electron chi connectivity index (χ2n) is 13.3. The minimum atomic E-state index is -1.24. The summed E-state index contributed by atoms with van der Waals surface area (Å²) in [5, 5.41) is 40.0. The zero-order valence-electron chi connectivity index (χ0n) is 31.1. The first-order chi connectivity index (χ1) is 26.1. The van der Waals surface area contributed by atoms with E-state index >= 15 is 0 Å². The summed E-state index contributed by atoms with van der Waals surface area (Å²) >= 11 is 0. The van der Waals surface area contributed by atoms with Gasteiger partial charge in [-0.2, -0.15) is 0 Å². The van der Waals surface area contributed by atoms with Crippen molar-refractivity contribution in [2.24, 2.45) is 0 Å². The van der Waals surface area contributed by atoms with Gasteiger partial charge in [-0.1, -0.05) is 12.1 Å². The van der Waals surface area contributed by atoms with E-state index in [1.54, 1.807) is 43.3 Å². The number of carboxylic acids is 4. The fourth-order valence-corrected chi connectivity index (χ4v) is 6.19. The molecule has 3 aromatic rings. The van der Waals surface area contributed by atoms with Gasteiger partial charge in [0.2, 0.25) is 5.36 Å². The lowest BCUT2D eigenvalue weighted by atomic mass is 9.93. The van der Waals surface area contributed by atoms with Gasteiger partial charge >= 0.3 is 23.9 Å². The van der Waals surface area contributed by atoms with Crippen LogP contribution in [0.1, 0.15) is 5.56 Å². The number of ether oxygens (including phenoxy) is 2. The number of nitrogens with zero attached hydrogens (tertiary/aromatic N) is 4. The molecule has 55 heavy (non-hydrogen) atoms. The van der Waals surface area contributed by atoms with Crippen LogP contribution in [-0.4, -0.2) is 112 Å². The van der Waals surface area contributed by atoms with E-state index in [2.05, 4.69) is 0 Å². The number of aliphatic carboxylic acids is 4. The van der Waals surface area contributed by atoms with Crippen LogP contribution in [0.15, 0.2) is 77.2 Å². The molecule has 15 nitrogen and oxygen atoms in total. The van der Waals surface area contributed by atoms with Gasteiger partial charge in [0.1, 0.15) is 76.3 Å². The second kappa shape index (κ2) is 16.9. The fourth-order valence-electron chi connectivity index (χ4n) is 6.19. The molecule has 0 fully saturated rings. The molecule has 3 aromatic carbocycles. The van der Waals surface area contributed by atoms with Crippen molar-refractivity contribution in [2.45, 2.75) is 6.92 Å². The minimum absolute atomic E-state index is 0.0946. The van der Waals surface area contributed by atoms with Gasteiger partial charge in [-0.3, -0.25) is 19.2 Å². The van der Waals surface area contributed by atoms with Crippen molar-refractivity contribution in [3.63, 3.8) is 0 Å². The number of fused-ring (bicyclic) bond motifs is 2. The molecule has 0 spiro atoms. The monoisotopic (exact) mass is 755 g/mol. The Bertz CT molecular complexity index is 2260. The number of benzene rings is 4. The highest BCUT2D eigenvalue weighted by Gasteiger charge is 2.24. The lowest BCUT2D eigenvalue weighted by Gasteiger charge is -2.25. The molecule has 15 heteroatoms. The standard InChI is InChI=1S/C40H42N4O11/c1-24-6-12-30(43(20-36(45)46)21-37(47)48)34(16-24)53-14-15-54-35-17-25(7-13-31(35)44(22-38(49)50)23-39(51)52)40-28-10-8-26(41(2)3)18-32(28)55-33-19-27(42(4)5)9-11-29(33)40/h6-13,16-19H,14-15,20-23H2,1-5H3,(H3-,45,46,47,48,49,50,51,52)/p+1. The normalized spacial score (nSPS) is 10.9. The van der Waals surface area contributed by atoms with E-state index in [1.807, 2.05) is 74.1 Å². The highest BCUT2D eigenvalue weighted by molar-refractivity contribution is 6.03. The Morgan fingerprint density at radius 3 is 1.75 bits per heavy atom. The van der Waals surface area contributed by atoms with E-state index in [-0.39, 0.29) is 36.1 Å². The second-order valence-corrected chi connectivity index (χ2v) is 13.3. The van der Waals surface area contributed by atoms with E-state index < -0.39 is 50.1 Å². The van der Waals surface area contributed by atoms with Gasteiger partial charge in [0.25, 0.3) is 0 Å². The molecule has 0 atom stereocenters. The fraction of sp³-hybridized carbons (Fsp3) is 0.275. The summed E-state index contributed by atoms with van der Waals surface area (Å²) < 4.78 is 20.7. The number of anilines is 3. The summed E-state index contributed by atoms with van der Waals surface area (Å²) in [5.74, 6) is -3.89. The van der Waals surface area contributed by atoms with Crippen LogP contribution in [0.25, 0.3) is 33.4 Å². The van der Waals surface area contributed by atoms with Crippen LogP contribution in [0.3, 0.4) is 0 Å². The lowest BCUT2D eigenvalue weighted by molar-refractivity contribution is -0.138. The van der Waals surface area contributed by atoms with Crippen LogP contribution in [0, 0.1) is 6.92 Å². The number of carbonyl (C=O) groups is 4. The predicted molar refractivity (Wildman–Crippen MR) is 207 cm³/mol. The smallest absolute Gasteiger partial charge is 0.323 e. The maximum absolute atomic E-state index is 11.9. The number of hydrogen-bond acceptors (Lipinski definition) is 10. The molecule has 4 N–H and O–H groups in total. The molecule has 0 amide bonds. The molecule has 0 saturated carbocycles. The first-order valence-electron chi connectivity index (χ1n) is 17.2. The molecule has 0 saturated heterocycles. The molecular weight excluding hydrogens is 712 g/mol. The average molecular weight is 756 g/mol. The van der Waals surface area contributed by atoms with Gasteiger partial charge in [0.15, 0.2) is 0 Å². The zero-order chi connectivity index (χ0) is 40.0. The van der Waals surface area contributed by atoms with Crippen LogP contribution >= 0.6 is 0 Å². The largest absolute Gasteiger partial charge is 0.488 e. The Hall–Kier alpha value is -6.77. The van der Waals surface area contributed by atoms with E-state index in [0.29, 0.717) is 16.9 Å². The van der Waals surface area contributed by atoms with Crippen molar-refractivity contribution in [1.29, 1.82) is 0 Å². The van der Waals surface area contributed by atoms with Gasteiger partial charge in [0, 0.05) is 48.4 Å². The quantitative estimate of drug-likeness (QED) is 0.0604. The summed E-state index contributed by atoms with van der Waals surface area (Å²) in [6.45, 7) is -0.803. The molecule has 1 aliphatic carbocycles. The van der Waals surface area contributed by atoms with Crippen molar-refractivity contribution in [2.75, 3.05) is 82.3 Å². The molecule has 0 radical (unpaired) electrons. The Morgan fingerprint density at radius 1 is 0.673 bits per heavy atom. The minimum Gasteiger partial charge on any atom is -0.488 e. The molecule has 5 rings (SSSR count). The van der Waals surface area contributed by atoms with E-state index in [9.17, 15) is 39.6 Å². The molecule has 0 bridgehead atoms. The summed E-state index contributed by atoms with van der Waals surface area (Å²) in [6, 6.07) is 21.8. The zero-order valence-corrected chi connectivity index (χ0v) is 31.1. The molecule has 1 aliphatic heterocycles. The Kier molecular flexibility index (Phi) is 12.1. The van der Waals surface area contributed by atoms with E-state index in [0.717, 1.165) is 33.1 Å². The van der Waals surface area contributed by atoms with Crippen LogP contribution < -0.4 is 34.1 Å². The summed E-state index contributed by atoms with van der Waals surface area (Å²) in [4.78, 5) is 51.2. The van der Waals surface area contributed by atoms with Gasteiger partial charge in [0.05, 0.1) is 17.4 Å². The topological polar surface area (TPSA) is 194 Å². The highest BCUT2D eigenvalue weighted by Crippen LogP contribution is 2.43. The van der Waals surface area contributed by atoms with Gasteiger partial charge in [-0.15, -0.1) is 0 Å². The summed E-state index contributed by atoms with van der Waals surface area (Å²) in [6.07, 6.45) is 0. The molecule has 1 heterocycles. The summed E-state index contributed by atoms with van der Waals surface area (Å²) in [5.41, 5.74) is 5.10. The van der Waals surface area contributed by atoms with Crippen LogP contribution in [0.2, 0.25) is 0 Å². The maximum atomic E-state index is 11.9. The van der Waals surface area contributed by atoms with Crippen molar-refractivity contribution in [3.8, 4) is 33.9 Å². The molecule has 0 aromatic heterocycles. The van der Waals surface area contributed by atoms with Crippen LogP contribution in [0.5, 0.6) is 11.5 Å². The number of aryl methyl sites for hydroxylation is 1. The lowest BCUT2D eigenvalue weighted by Crippen LogP contribution is -2.35. The molecule has 288 valence electrons. The number of rotatable bonds is 17. The van der Waals surface area contributed by atoms with E-state index in [4.69, 9.17) is 13.9 Å². The summed E-state index contributed by atoms with van der Waals surface area (Å²) in [7, 11) is 7.73. The van der Waals surface area contributed by atoms with Crippen molar-refractivity contribution in [1.82, 2.24) is 4.58 Å². The predicted octanol–water partition coefficient (Wildman–Crippen LogP) is 4.02. The van der Waals surface area contributed by atoms with Gasteiger partial charge in [-0.25, -0.2) is 4.58 Å². The Morgan fingerprint density at radius 2 is 1.22 bits per heavy atom. The molecule has 2 aliphatic rings. The third-order valence-electron chi connectivity index (χ3n) is 8.67. The van der Waals surface area contributed by atoms with Crippen molar-refractivity contribution >= 4 is 51.9 Å². The van der Waals surface area contributed by atoms with Gasteiger partial charge < -0.3 is 49.0 Å². The number of hydrogen-bond donors (Lipinski definition) is 4.